The van der Waals surface area contributed by atoms with Gasteiger partial charge >= 0.3 is 0 Å². The van der Waals surface area contributed by atoms with Gasteiger partial charge in [-0.05, 0) is 38.0 Å². The van der Waals surface area contributed by atoms with E-state index in [0.29, 0.717) is 10.2 Å². The van der Waals surface area contributed by atoms with Crippen molar-refractivity contribution in [2.24, 2.45) is 0 Å². The number of hydrogen-bond acceptors (Lipinski definition) is 4. The molecule has 0 saturated carbocycles. The number of anilines is 2. The van der Waals surface area contributed by atoms with Crippen molar-refractivity contribution >= 4 is 39.7 Å². The van der Waals surface area contributed by atoms with E-state index >= 15 is 0 Å². The Balaban J connectivity index is 2.28. The molecule has 0 saturated heterocycles. The molecule has 1 aromatic heterocycles. The molecule has 0 atom stereocenters. The zero-order valence-corrected chi connectivity index (χ0v) is 12.9. The zero-order chi connectivity index (χ0) is 14.7. The third kappa shape index (κ3) is 1.73. The molecule has 6 heteroatoms. The lowest BCUT2D eigenvalue weighted by atomic mass is 9.84. The lowest BCUT2D eigenvalue weighted by Gasteiger charge is -2.17. The number of halogens is 1. The third-order valence-corrected chi connectivity index (χ3v) is 4.94. The van der Waals surface area contributed by atoms with Gasteiger partial charge in [-0.25, -0.2) is 4.98 Å². The van der Waals surface area contributed by atoms with Gasteiger partial charge in [0.05, 0.1) is 16.1 Å². The van der Waals surface area contributed by atoms with Gasteiger partial charge in [0.1, 0.15) is 0 Å². The molecule has 104 valence electrons. The monoisotopic (exact) mass is 307 g/mol. The van der Waals surface area contributed by atoms with Crippen molar-refractivity contribution < 1.29 is 4.79 Å². The van der Waals surface area contributed by atoms with Crippen molar-refractivity contribution in [3.05, 3.63) is 27.6 Å². The van der Waals surface area contributed by atoms with E-state index in [2.05, 4.69) is 10.3 Å². The number of nitrogens with two attached hydrogens (primary N) is 1. The van der Waals surface area contributed by atoms with Crippen molar-refractivity contribution in [3.8, 4) is 11.3 Å². The van der Waals surface area contributed by atoms with Gasteiger partial charge in [-0.3, -0.25) is 4.79 Å². The molecule has 1 aromatic carbocycles. The minimum atomic E-state index is -0.568. The average Bonchev–Trinajstić information content (AvgIpc) is 2.89. The second-order valence-corrected chi connectivity index (χ2v) is 6.70. The lowest BCUT2D eigenvalue weighted by Crippen LogP contribution is -2.26. The molecule has 0 bridgehead atoms. The lowest BCUT2D eigenvalue weighted by molar-refractivity contribution is -0.119. The first-order valence-electron chi connectivity index (χ1n) is 6.18. The molecule has 0 fully saturated rings. The fourth-order valence-corrected chi connectivity index (χ4v) is 3.25. The summed E-state index contributed by atoms with van der Waals surface area (Å²) in [5, 5.41) is 5.90. The van der Waals surface area contributed by atoms with E-state index in [1.807, 2.05) is 32.2 Å². The summed E-state index contributed by atoms with van der Waals surface area (Å²) >= 11 is 7.81. The topological polar surface area (TPSA) is 68.0 Å². The molecule has 4 nitrogen and oxygen atoms in total. The largest absolute Gasteiger partial charge is 0.375 e. The van der Waals surface area contributed by atoms with Crippen LogP contribution in [0.4, 0.5) is 10.8 Å². The van der Waals surface area contributed by atoms with Crippen LogP contribution in [0.2, 0.25) is 5.02 Å². The second-order valence-electron chi connectivity index (χ2n) is 5.44. The number of nitrogens with zero attached hydrogens (tertiary/aromatic N) is 1. The SMILES string of the molecule is Cc1c(Cl)c(-c2csc(N)n2)cc2c1NC(=O)C2(C)C. The highest BCUT2D eigenvalue weighted by molar-refractivity contribution is 7.13. The number of aromatic nitrogens is 1. The van der Waals surface area contributed by atoms with E-state index in [1.54, 1.807) is 0 Å². The Labute approximate surface area is 126 Å². The van der Waals surface area contributed by atoms with Gasteiger partial charge in [0.25, 0.3) is 0 Å². The van der Waals surface area contributed by atoms with E-state index in [1.165, 1.54) is 11.3 Å². The van der Waals surface area contributed by atoms with E-state index in [0.717, 1.165) is 28.1 Å². The van der Waals surface area contributed by atoms with Crippen LogP contribution in [0.15, 0.2) is 11.4 Å². The Hall–Kier alpha value is -1.59. The van der Waals surface area contributed by atoms with Gasteiger partial charge in [0.15, 0.2) is 5.13 Å². The van der Waals surface area contributed by atoms with Crippen molar-refractivity contribution in [2.75, 3.05) is 11.1 Å². The number of nitrogens with one attached hydrogen (secondary N) is 1. The summed E-state index contributed by atoms with van der Waals surface area (Å²) in [6.45, 7) is 5.71. The number of nitrogen functional groups attached to an aromatic ring is 1. The van der Waals surface area contributed by atoms with Crippen LogP contribution >= 0.6 is 22.9 Å². The zero-order valence-electron chi connectivity index (χ0n) is 11.4. The first-order chi connectivity index (χ1) is 9.32. The number of benzene rings is 1. The molecule has 20 heavy (non-hydrogen) atoms. The maximum atomic E-state index is 12.1. The van der Waals surface area contributed by atoms with Crippen molar-refractivity contribution in [1.82, 2.24) is 4.98 Å². The maximum Gasteiger partial charge on any atom is 0.234 e. The number of rotatable bonds is 1. The summed E-state index contributed by atoms with van der Waals surface area (Å²) in [5.41, 5.74) is 9.32. The second kappa shape index (κ2) is 4.20. The number of carbonyl (C=O) groups excluding carboxylic acids is 1. The standard InChI is InChI=1S/C14H14ClN3OS/c1-6-10(15)7(9-5-20-13(16)17-9)4-8-11(6)18-12(19)14(8,2)3/h4-5H,1-3H3,(H2,16,17)(H,18,19). The molecule has 1 aliphatic heterocycles. The Bertz CT molecular complexity index is 736. The van der Waals surface area contributed by atoms with E-state index in [9.17, 15) is 4.79 Å². The van der Waals surface area contributed by atoms with Crippen LogP contribution in [-0.2, 0) is 10.2 Å². The summed E-state index contributed by atoms with van der Waals surface area (Å²) in [5.74, 6) is -0.0124. The summed E-state index contributed by atoms with van der Waals surface area (Å²) in [6.07, 6.45) is 0. The summed E-state index contributed by atoms with van der Waals surface area (Å²) in [4.78, 5) is 16.4. The highest BCUT2D eigenvalue weighted by atomic mass is 35.5. The van der Waals surface area contributed by atoms with E-state index in [-0.39, 0.29) is 5.91 Å². The number of hydrogen-bond donors (Lipinski definition) is 2. The summed E-state index contributed by atoms with van der Waals surface area (Å²) in [6, 6.07) is 1.94. The molecule has 0 spiro atoms. The van der Waals surface area contributed by atoms with Crippen LogP contribution in [0.25, 0.3) is 11.3 Å². The molecular weight excluding hydrogens is 294 g/mol. The molecule has 0 radical (unpaired) electrons. The van der Waals surface area contributed by atoms with Gasteiger partial charge < -0.3 is 11.1 Å². The van der Waals surface area contributed by atoms with Crippen LogP contribution in [-0.4, -0.2) is 10.9 Å². The summed E-state index contributed by atoms with van der Waals surface area (Å²) < 4.78 is 0. The Morgan fingerprint density at radius 3 is 2.75 bits per heavy atom. The normalized spacial score (nSPS) is 16.1. The van der Waals surface area contributed by atoms with Gasteiger partial charge in [0.2, 0.25) is 5.91 Å². The maximum absolute atomic E-state index is 12.1. The smallest absolute Gasteiger partial charge is 0.234 e. The highest BCUT2D eigenvalue weighted by Gasteiger charge is 2.40. The van der Waals surface area contributed by atoms with Crippen LogP contribution in [0.5, 0.6) is 0 Å². The molecule has 2 heterocycles. The predicted octanol–water partition coefficient (Wildman–Crippen LogP) is 3.58. The van der Waals surface area contributed by atoms with Crippen LogP contribution in [0.3, 0.4) is 0 Å². The number of amides is 1. The van der Waals surface area contributed by atoms with Gasteiger partial charge in [-0.15, -0.1) is 11.3 Å². The average molecular weight is 308 g/mol. The van der Waals surface area contributed by atoms with Crippen molar-refractivity contribution in [3.63, 3.8) is 0 Å². The van der Waals surface area contributed by atoms with E-state index in [4.69, 9.17) is 17.3 Å². The molecule has 0 aliphatic carbocycles. The molecule has 3 rings (SSSR count). The first-order valence-corrected chi connectivity index (χ1v) is 7.44. The molecule has 2 aromatic rings. The molecule has 1 amide bonds. The number of fused-ring (bicyclic) bond motifs is 1. The fourth-order valence-electron chi connectivity index (χ4n) is 2.44. The summed E-state index contributed by atoms with van der Waals surface area (Å²) in [7, 11) is 0. The number of thiazole rings is 1. The van der Waals surface area contributed by atoms with E-state index < -0.39 is 5.41 Å². The van der Waals surface area contributed by atoms with Gasteiger partial charge in [-0.1, -0.05) is 11.6 Å². The predicted molar refractivity (Wildman–Crippen MR) is 83.4 cm³/mol. The quantitative estimate of drug-likeness (QED) is 0.846. The molecule has 0 unspecified atom stereocenters. The van der Waals surface area contributed by atoms with Crippen LogP contribution in [0.1, 0.15) is 25.0 Å². The van der Waals surface area contributed by atoms with Gasteiger partial charge in [0, 0.05) is 16.6 Å². The molecule has 1 aliphatic rings. The van der Waals surface area contributed by atoms with Crippen molar-refractivity contribution in [2.45, 2.75) is 26.2 Å². The minimum Gasteiger partial charge on any atom is -0.375 e. The Morgan fingerprint density at radius 1 is 1.45 bits per heavy atom. The first kappa shape index (κ1) is 13.4. The Morgan fingerprint density at radius 2 is 2.15 bits per heavy atom. The van der Waals surface area contributed by atoms with Crippen molar-refractivity contribution in [1.29, 1.82) is 0 Å². The highest BCUT2D eigenvalue weighted by Crippen LogP contribution is 2.45. The van der Waals surface area contributed by atoms with Crippen LogP contribution < -0.4 is 11.1 Å². The Kier molecular flexibility index (Phi) is 2.81. The molecule has 3 N–H and O–H groups in total. The third-order valence-electron chi connectivity index (χ3n) is 3.78. The fraction of sp³-hybridized carbons (Fsp3) is 0.286. The number of carbonyl (C=O) groups is 1. The minimum absolute atomic E-state index is 0.0124. The molecular formula is C14H14ClN3OS. The van der Waals surface area contributed by atoms with Gasteiger partial charge in [-0.2, -0.15) is 0 Å². The van der Waals surface area contributed by atoms with Crippen LogP contribution in [0, 0.1) is 6.92 Å².